The molecule has 9 heteroatoms. The quantitative estimate of drug-likeness (QED) is 0.0800. The van der Waals surface area contributed by atoms with Gasteiger partial charge in [0.05, 0.1) is 5.56 Å². The van der Waals surface area contributed by atoms with Crippen LogP contribution >= 0.6 is 0 Å². The second-order valence-electron chi connectivity index (χ2n) is 14.5. The summed E-state index contributed by atoms with van der Waals surface area (Å²) in [6, 6.07) is 31.8. The number of nitrogens with one attached hydrogen (secondary N) is 2. The van der Waals surface area contributed by atoms with E-state index in [1.54, 1.807) is 60.7 Å². The Morgan fingerprint density at radius 3 is 1.83 bits per heavy atom. The third-order valence-corrected chi connectivity index (χ3v) is 9.25. The van der Waals surface area contributed by atoms with E-state index < -0.39 is 52.7 Å². The Labute approximate surface area is 311 Å². The standard InChI is InChI=1S/C44H48N2O7/c1-5-33(27-32-22-24-34(25-23-32)35-19-12-13-20-36(35)41(50)52-43(2,3)4)40(49)46-44(53-42(51)37-21-14-26-45-37,38(47)28-30-15-8-6-9-16-30)39(48)29-31-17-10-7-11-18-31/h6-13,15-20,22-25,33,37,45H,5,14,21,26-29H2,1-4H3,(H,46,49)/t33-,37-/m0/s1. The maximum absolute atomic E-state index is 14.4. The van der Waals surface area contributed by atoms with Crippen molar-refractivity contribution in [3.05, 3.63) is 131 Å². The molecule has 276 valence electrons. The van der Waals surface area contributed by atoms with Gasteiger partial charge in [-0.05, 0) is 86.9 Å². The first-order valence-electron chi connectivity index (χ1n) is 18.2. The molecular weight excluding hydrogens is 668 g/mol. The molecule has 2 N–H and O–H groups in total. The Hall–Kier alpha value is -5.41. The van der Waals surface area contributed by atoms with Crippen molar-refractivity contribution in [2.75, 3.05) is 6.54 Å². The van der Waals surface area contributed by atoms with Crippen molar-refractivity contribution in [1.82, 2.24) is 10.6 Å². The number of Topliss-reactive ketones (excluding diaryl/α,β-unsaturated/α-hetero) is 2. The number of ketones is 2. The van der Waals surface area contributed by atoms with E-state index in [4.69, 9.17) is 9.47 Å². The topological polar surface area (TPSA) is 128 Å². The van der Waals surface area contributed by atoms with Crippen molar-refractivity contribution in [3.63, 3.8) is 0 Å². The summed E-state index contributed by atoms with van der Waals surface area (Å²) in [5, 5.41) is 5.79. The summed E-state index contributed by atoms with van der Waals surface area (Å²) in [7, 11) is 0. The number of amides is 1. The molecule has 0 bridgehead atoms. The molecule has 0 unspecified atom stereocenters. The predicted molar refractivity (Wildman–Crippen MR) is 203 cm³/mol. The fraction of sp³-hybridized carbons (Fsp3) is 0.341. The minimum Gasteiger partial charge on any atom is -0.456 e. The van der Waals surface area contributed by atoms with Gasteiger partial charge in [-0.25, -0.2) is 4.79 Å². The number of carbonyl (C=O) groups is 5. The molecule has 4 aromatic rings. The molecule has 0 radical (unpaired) electrons. The van der Waals surface area contributed by atoms with E-state index in [9.17, 15) is 24.0 Å². The van der Waals surface area contributed by atoms with Gasteiger partial charge in [0, 0.05) is 18.8 Å². The van der Waals surface area contributed by atoms with E-state index in [0.717, 1.165) is 23.1 Å². The van der Waals surface area contributed by atoms with Crippen LogP contribution in [0, 0.1) is 5.92 Å². The first-order chi connectivity index (χ1) is 25.4. The zero-order valence-electron chi connectivity index (χ0n) is 30.9. The van der Waals surface area contributed by atoms with Crippen molar-refractivity contribution in [2.45, 2.75) is 83.6 Å². The molecule has 1 heterocycles. The van der Waals surface area contributed by atoms with Crippen molar-refractivity contribution in [3.8, 4) is 11.1 Å². The average molecular weight is 717 g/mol. The maximum Gasteiger partial charge on any atom is 0.339 e. The highest BCUT2D eigenvalue weighted by molar-refractivity contribution is 6.14. The van der Waals surface area contributed by atoms with Gasteiger partial charge in [0.15, 0.2) is 0 Å². The molecular formula is C44H48N2O7. The molecule has 1 aliphatic heterocycles. The Balaban J connectivity index is 1.43. The summed E-state index contributed by atoms with van der Waals surface area (Å²) < 4.78 is 11.6. The van der Waals surface area contributed by atoms with Gasteiger partial charge in [-0.15, -0.1) is 0 Å². The second kappa shape index (κ2) is 17.4. The van der Waals surface area contributed by atoms with Gasteiger partial charge in [0.25, 0.3) is 0 Å². The van der Waals surface area contributed by atoms with E-state index in [-0.39, 0.29) is 19.3 Å². The normalized spacial score (nSPS) is 14.9. The molecule has 1 amide bonds. The summed E-state index contributed by atoms with van der Waals surface area (Å²) in [6.45, 7) is 7.91. The first-order valence-corrected chi connectivity index (χ1v) is 18.2. The van der Waals surface area contributed by atoms with E-state index in [1.807, 2.05) is 76.2 Å². The van der Waals surface area contributed by atoms with Gasteiger partial charge in [-0.2, -0.15) is 0 Å². The first kappa shape index (κ1) is 38.8. The molecule has 0 spiro atoms. The fourth-order valence-electron chi connectivity index (χ4n) is 6.40. The number of hydrogen-bond acceptors (Lipinski definition) is 8. The molecule has 1 saturated heterocycles. The summed E-state index contributed by atoms with van der Waals surface area (Å²) in [6.07, 6.45) is 1.40. The molecule has 9 nitrogen and oxygen atoms in total. The van der Waals surface area contributed by atoms with E-state index in [2.05, 4.69) is 10.6 Å². The predicted octanol–water partition coefficient (Wildman–Crippen LogP) is 6.61. The molecule has 0 saturated carbocycles. The molecule has 2 atom stereocenters. The van der Waals surface area contributed by atoms with Crippen LogP contribution in [-0.2, 0) is 47.9 Å². The van der Waals surface area contributed by atoms with Crippen molar-refractivity contribution in [1.29, 1.82) is 0 Å². The van der Waals surface area contributed by atoms with Crippen LogP contribution in [0.2, 0.25) is 0 Å². The van der Waals surface area contributed by atoms with Crippen LogP contribution in [0.25, 0.3) is 11.1 Å². The minimum atomic E-state index is -2.55. The Bertz CT molecular complexity index is 1840. The average Bonchev–Trinajstić information content (AvgIpc) is 3.69. The highest BCUT2D eigenvalue weighted by atomic mass is 16.6. The number of rotatable bonds is 15. The van der Waals surface area contributed by atoms with E-state index in [0.29, 0.717) is 36.1 Å². The lowest BCUT2D eigenvalue weighted by Crippen LogP contribution is -2.65. The van der Waals surface area contributed by atoms with Crippen LogP contribution in [-0.4, -0.2) is 53.3 Å². The van der Waals surface area contributed by atoms with Crippen LogP contribution in [0.15, 0.2) is 109 Å². The molecule has 4 aromatic carbocycles. The Kier molecular flexibility index (Phi) is 12.7. The zero-order valence-corrected chi connectivity index (χ0v) is 30.9. The SMILES string of the molecule is CC[C@@H](Cc1ccc(-c2ccccc2C(=O)OC(C)(C)C)cc1)C(=O)NC(OC(=O)[C@@H]1CCCN1)(C(=O)Cc1ccccc1)C(=O)Cc1ccccc1. The number of benzene rings is 4. The lowest BCUT2D eigenvalue weighted by atomic mass is 9.90. The van der Waals surface area contributed by atoms with E-state index in [1.165, 1.54) is 0 Å². The van der Waals surface area contributed by atoms with Crippen molar-refractivity contribution >= 4 is 29.4 Å². The fourth-order valence-corrected chi connectivity index (χ4v) is 6.40. The van der Waals surface area contributed by atoms with E-state index >= 15 is 0 Å². The smallest absolute Gasteiger partial charge is 0.339 e. The lowest BCUT2D eigenvalue weighted by molar-refractivity contribution is -0.180. The number of hydrogen-bond donors (Lipinski definition) is 2. The van der Waals surface area contributed by atoms with Gasteiger partial charge >= 0.3 is 17.7 Å². The number of ether oxygens (including phenoxy) is 2. The second-order valence-corrected chi connectivity index (χ2v) is 14.5. The van der Waals surface area contributed by atoms with Gasteiger partial charge in [0.1, 0.15) is 11.6 Å². The molecule has 1 fully saturated rings. The van der Waals surface area contributed by atoms with Crippen LogP contribution in [0.4, 0.5) is 0 Å². The summed E-state index contributed by atoms with van der Waals surface area (Å²) in [4.78, 5) is 69.6. The monoisotopic (exact) mass is 716 g/mol. The van der Waals surface area contributed by atoms with Gasteiger partial charge in [0.2, 0.25) is 17.5 Å². The molecule has 53 heavy (non-hydrogen) atoms. The highest BCUT2D eigenvalue weighted by Crippen LogP contribution is 2.28. The number of esters is 2. The van der Waals surface area contributed by atoms with Crippen LogP contribution in [0.3, 0.4) is 0 Å². The van der Waals surface area contributed by atoms with Gasteiger partial charge < -0.3 is 20.1 Å². The van der Waals surface area contributed by atoms with Gasteiger partial charge in [-0.3, -0.25) is 19.2 Å². The van der Waals surface area contributed by atoms with Crippen LogP contribution in [0.1, 0.15) is 74.0 Å². The van der Waals surface area contributed by atoms with Crippen molar-refractivity contribution < 1.29 is 33.4 Å². The van der Waals surface area contributed by atoms with Crippen molar-refractivity contribution in [2.24, 2.45) is 5.92 Å². The van der Waals surface area contributed by atoms with Crippen LogP contribution in [0.5, 0.6) is 0 Å². The minimum absolute atomic E-state index is 0.240. The molecule has 1 aliphatic rings. The largest absolute Gasteiger partial charge is 0.456 e. The Morgan fingerprint density at radius 2 is 1.30 bits per heavy atom. The van der Waals surface area contributed by atoms with Gasteiger partial charge in [-0.1, -0.05) is 110 Å². The molecule has 0 aromatic heterocycles. The third-order valence-electron chi connectivity index (χ3n) is 9.25. The highest BCUT2D eigenvalue weighted by Gasteiger charge is 2.51. The van der Waals surface area contributed by atoms with Crippen LogP contribution < -0.4 is 10.6 Å². The molecule has 5 rings (SSSR count). The molecule has 0 aliphatic carbocycles. The number of carbonyl (C=O) groups excluding carboxylic acids is 5. The summed E-state index contributed by atoms with van der Waals surface area (Å²) in [5.74, 6) is -3.90. The maximum atomic E-state index is 14.4. The summed E-state index contributed by atoms with van der Waals surface area (Å²) in [5.41, 5.74) is 0.818. The summed E-state index contributed by atoms with van der Waals surface area (Å²) >= 11 is 0. The zero-order chi connectivity index (χ0) is 38.0. The lowest BCUT2D eigenvalue weighted by Gasteiger charge is -2.34. The third kappa shape index (κ3) is 10.1. The Morgan fingerprint density at radius 1 is 0.736 bits per heavy atom.